The van der Waals surface area contributed by atoms with Gasteiger partial charge < -0.3 is 0 Å². The molecule has 0 atom stereocenters. The van der Waals surface area contributed by atoms with Crippen molar-refractivity contribution < 1.29 is 23.3 Å². The average molecular weight is 524 g/mol. The molecule has 0 saturated carbocycles. The van der Waals surface area contributed by atoms with E-state index >= 15 is 0 Å². The summed E-state index contributed by atoms with van der Waals surface area (Å²) in [7, 11) is 0. The van der Waals surface area contributed by atoms with Crippen LogP contribution in [0.15, 0.2) is 157 Å². The Morgan fingerprint density at radius 3 is 1.57 bits per heavy atom. The minimum absolute atomic E-state index is 0.129. The van der Waals surface area contributed by atoms with Gasteiger partial charge in [-0.05, 0) is 88.6 Å². The van der Waals surface area contributed by atoms with Crippen molar-refractivity contribution in [2.75, 3.05) is 0 Å². The first-order valence-corrected chi connectivity index (χ1v) is 12.5. The number of rotatable bonds is 3. The predicted molar refractivity (Wildman–Crippen MR) is 173 cm³/mol. The molecule has 0 heterocycles. The molecule has 186 valence electrons. The van der Waals surface area contributed by atoms with Gasteiger partial charge in [0.25, 0.3) is 0 Å². The Morgan fingerprint density at radius 2 is 0.900 bits per heavy atom. The minimum Gasteiger partial charge on any atom is -0.0622 e. The second-order valence-electron chi connectivity index (χ2n) is 9.19. The first-order valence-electron chi connectivity index (χ1n) is 21.0. The van der Waals surface area contributed by atoms with Crippen LogP contribution in [0.3, 0.4) is 0 Å². The molecule has 0 heteroatoms. The molecule has 0 aliphatic carbocycles. The summed E-state index contributed by atoms with van der Waals surface area (Å²) in [6.45, 7) is 0. The third-order valence-corrected chi connectivity index (χ3v) is 7.04. The maximum absolute atomic E-state index is 10.0. The van der Waals surface area contributed by atoms with Crippen LogP contribution in [0.2, 0.25) is 0 Å². The third kappa shape index (κ3) is 3.54. The van der Waals surface area contributed by atoms with E-state index in [1.165, 1.54) is 0 Å². The minimum atomic E-state index is -0.810. The normalized spacial score (nSPS) is 17.4. The van der Waals surface area contributed by atoms with E-state index in [0.717, 1.165) is 16.2 Å². The molecule has 40 heavy (non-hydrogen) atoms. The van der Waals surface area contributed by atoms with Gasteiger partial charge in [0.05, 0.1) is 23.3 Å². The molecule has 0 aromatic heterocycles. The quantitative estimate of drug-likeness (QED) is 0.160. The van der Waals surface area contributed by atoms with Crippen LogP contribution in [0.25, 0.3) is 76.5 Å². The molecular weight excluding hydrogens is 480 g/mol. The van der Waals surface area contributed by atoms with Gasteiger partial charge in [0.15, 0.2) is 0 Å². The maximum atomic E-state index is 10.0. The van der Waals surface area contributed by atoms with Crippen molar-refractivity contribution in [3.05, 3.63) is 157 Å². The van der Waals surface area contributed by atoms with Crippen LogP contribution in [0.1, 0.15) is 23.3 Å². The topological polar surface area (TPSA) is 0 Å². The van der Waals surface area contributed by atoms with Crippen LogP contribution in [-0.2, 0) is 0 Å². The zero-order chi connectivity index (χ0) is 41.3. The van der Waals surface area contributed by atoms with Crippen molar-refractivity contribution in [2.45, 2.75) is 0 Å². The molecule has 0 N–H and O–H groups in total. The summed E-state index contributed by atoms with van der Waals surface area (Å²) >= 11 is 0. The molecule has 0 aliphatic heterocycles. The lowest BCUT2D eigenvalue weighted by Crippen LogP contribution is -1.92. The van der Waals surface area contributed by atoms with Crippen molar-refractivity contribution in [3.63, 3.8) is 0 Å². The highest BCUT2D eigenvalue weighted by atomic mass is 14.2. The highest BCUT2D eigenvalue weighted by molar-refractivity contribution is 6.22. The molecular formula is C40H26. The molecule has 8 rings (SSSR count). The summed E-state index contributed by atoms with van der Waals surface area (Å²) in [5, 5.41) is 1.09. The van der Waals surface area contributed by atoms with Crippen LogP contribution in [0.5, 0.6) is 0 Å². The second-order valence-corrected chi connectivity index (χ2v) is 9.19. The molecule has 0 nitrogen and oxygen atoms in total. The van der Waals surface area contributed by atoms with E-state index in [1.807, 2.05) is 36.4 Å². The molecule has 8 aromatic carbocycles. The van der Waals surface area contributed by atoms with Gasteiger partial charge in [-0.3, -0.25) is 0 Å². The standard InChI is InChI=1S/C40H26/c1-3-13-27(14-4-1)39-34-21-11-12-22-35(34)40(28-15-5-2-6-16-28)38-26-30(23-24-36(38)39)37-25-29-17-7-8-18-31(29)32-19-9-10-20-33(32)37/h1-26H/i1D,2D,3D,4D,5D,6D,11D,12D,13D,14D,15D,16D,21D,22D,23D,24D,26D. The smallest absolute Gasteiger partial charge is 0.0622 e. The molecule has 0 fully saturated rings. The van der Waals surface area contributed by atoms with Crippen LogP contribution in [-0.4, -0.2) is 0 Å². The molecule has 0 unspecified atom stereocenters. The fourth-order valence-corrected chi connectivity index (χ4v) is 5.36. The summed E-state index contributed by atoms with van der Waals surface area (Å²) in [4.78, 5) is 0. The van der Waals surface area contributed by atoms with Crippen LogP contribution < -0.4 is 0 Å². The van der Waals surface area contributed by atoms with Crippen LogP contribution >= 0.6 is 0 Å². The molecule has 8 aromatic rings. The molecule has 0 amide bonds. The fraction of sp³-hybridized carbons (Fsp3) is 0. The van der Waals surface area contributed by atoms with Crippen molar-refractivity contribution in [2.24, 2.45) is 0 Å². The van der Waals surface area contributed by atoms with Crippen LogP contribution in [0.4, 0.5) is 0 Å². The molecule has 0 aliphatic rings. The van der Waals surface area contributed by atoms with Crippen molar-refractivity contribution >= 4 is 43.1 Å². The molecule has 0 bridgehead atoms. The van der Waals surface area contributed by atoms with Gasteiger partial charge in [0.2, 0.25) is 0 Å². The zero-order valence-electron chi connectivity index (χ0n) is 37.7. The van der Waals surface area contributed by atoms with Gasteiger partial charge in [0, 0.05) is 0 Å². The van der Waals surface area contributed by atoms with Gasteiger partial charge >= 0.3 is 0 Å². The van der Waals surface area contributed by atoms with E-state index in [2.05, 4.69) is 0 Å². The first-order chi connectivity index (χ1) is 26.9. The summed E-state index contributed by atoms with van der Waals surface area (Å²) in [6, 6.07) is 3.55. The molecule has 0 radical (unpaired) electrons. The SMILES string of the molecule is [2H]c1c([2H])c([2H])c(-c2c3c([2H])c([2H])c([2H])c([2H])c3c(-c3c([2H])c([2H])c([2H])c([2H])c3[2H])c3c([2H])c(-c4cc5ccccc5c5ccccc45)c([2H])c([2H])c23)c([2H])c1[2H]. The number of hydrogen-bond donors (Lipinski definition) is 0. The highest BCUT2D eigenvalue weighted by Gasteiger charge is 2.18. The summed E-state index contributed by atoms with van der Waals surface area (Å²) in [5.74, 6) is 0. The lowest BCUT2D eigenvalue weighted by molar-refractivity contribution is 1.64. The van der Waals surface area contributed by atoms with E-state index < -0.39 is 141 Å². The van der Waals surface area contributed by atoms with E-state index in [1.54, 1.807) is 18.2 Å². The summed E-state index contributed by atoms with van der Waals surface area (Å²) < 4.78 is 152. The Balaban J connectivity index is 1.78. The predicted octanol–water partition coefficient (Wildman–Crippen LogP) is 11.3. The van der Waals surface area contributed by atoms with Crippen LogP contribution in [0, 0.1) is 0 Å². The first kappa shape index (κ1) is 11.5. The zero-order valence-corrected chi connectivity index (χ0v) is 20.7. The van der Waals surface area contributed by atoms with Crippen molar-refractivity contribution in [1.29, 1.82) is 0 Å². The maximum Gasteiger partial charge on any atom is 0.0636 e. The summed E-state index contributed by atoms with van der Waals surface area (Å²) in [6.07, 6.45) is 0. The lowest BCUT2D eigenvalue weighted by atomic mass is 9.84. The largest absolute Gasteiger partial charge is 0.0636 e. The van der Waals surface area contributed by atoms with Crippen molar-refractivity contribution in [1.82, 2.24) is 0 Å². The number of hydrogen-bond acceptors (Lipinski definition) is 0. The Morgan fingerprint density at radius 1 is 0.375 bits per heavy atom. The Labute approximate surface area is 257 Å². The average Bonchev–Trinajstić information content (AvgIpc) is 3.21. The van der Waals surface area contributed by atoms with E-state index in [9.17, 15) is 6.85 Å². The van der Waals surface area contributed by atoms with Gasteiger partial charge in [0.1, 0.15) is 0 Å². The third-order valence-electron chi connectivity index (χ3n) is 7.04. The Bertz CT molecular complexity index is 3090. The number of fused-ring (bicyclic) bond motifs is 5. The second kappa shape index (κ2) is 9.22. The highest BCUT2D eigenvalue weighted by Crippen LogP contribution is 2.45. The molecule has 0 saturated heterocycles. The number of benzene rings is 8. The van der Waals surface area contributed by atoms with E-state index in [0.29, 0.717) is 10.9 Å². The lowest BCUT2D eigenvalue weighted by Gasteiger charge is -2.19. The van der Waals surface area contributed by atoms with Gasteiger partial charge in [-0.25, -0.2) is 0 Å². The monoisotopic (exact) mass is 523 g/mol. The Kier molecular flexibility index (Phi) is 2.65. The van der Waals surface area contributed by atoms with Gasteiger partial charge in [-0.1, -0.05) is 145 Å². The van der Waals surface area contributed by atoms with Gasteiger partial charge in [-0.2, -0.15) is 0 Å². The van der Waals surface area contributed by atoms with Crippen molar-refractivity contribution in [3.8, 4) is 33.4 Å². The van der Waals surface area contributed by atoms with E-state index in [-0.39, 0.29) is 10.9 Å². The Hall–Kier alpha value is -5.20. The summed E-state index contributed by atoms with van der Waals surface area (Å²) in [5.41, 5.74) is -1.86. The molecule has 0 spiro atoms. The van der Waals surface area contributed by atoms with E-state index in [4.69, 9.17) is 16.4 Å². The van der Waals surface area contributed by atoms with Gasteiger partial charge in [-0.15, -0.1) is 0 Å². The fourth-order valence-electron chi connectivity index (χ4n) is 5.36.